The van der Waals surface area contributed by atoms with E-state index in [9.17, 15) is 14.7 Å². The zero-order chi connectivity index (χ0) is 26.7. The van der Waals surface area contributed by atoms with E-state index >= 15 is 0 Å². The zero-order valence-corrected chi connectivity index (χ0v) is 21.2. The van der Waals surface area contributed by atoms with Crippen molar-refractivity contribution in [1.82, 2.24) is 14.5 Å². The summed E-state index contributed by atoms with van der Waals surface area (Å²) < 4.78 is 6.84. The lowest BCUT2D eigenvalue weighted by Crippen LogP contribution is -2.44. The summed E-state index contributed by atoms with van der Waals surface area (Å²) in [7, 11) is 0. The Kier molecular flexibility index (Phi) is 5.21. The first-order valence-corrected chi connectivity index (χ1v) is 12.9. The predicted octanol–water partition coefficient (Wildman–Crippen LogP) is 4.25. The van der Waals surface area contributed by atoms with Gasteiger partial charge < -0.3 is 14.4 Å². The highest BCUT2D eigenvalue weighted by Gasteiger charge is 2.45. The van der Waals surface area contributed by atoms with Crippen molar-refractivity contribution in [1.29, 1.82) is 0 Å². The Morgan fingerprint density at radius 1 is 1.03 bits per heavy atom. The maximum atomic E-state index is 13.6. The average molecular weight is 517 g/mol. The Balaban J connectivity index is 1.35. The number of rotatable bonds is 4. The third kappa shape index (κ3) is 3.52. The number of esters is 1. The van der Waals surface area contributed by atoms with Gasteiger partial charge in [-0.25, -0.2) is 9.78 Å². The summed E-state index contributed by atoms with van der Waals surface area (Å²) in [5, 5.41) is 13.2. The van der Waals surface area contributed by atoms with E-state index < -0.39 is 11.6 Å². The van der Waals surface area contributed by atoms with E-state index in [1.54, 1.807) is 17.6 Å². The van der Waals surface area contributed by atoms with Crippen LogP contribution in [-0.4, -0.2) is 31.8 Å². The van der Waals surface area contributed by atoms with E-state index in [4.69, 9.17) is 19.7 Å². The van der Waals surface area contributed by atoms with Gasteiger partial charge in [-0.1, -0.05) is 49.4 Å². The van der Waals surface area contributed by atoms with Crippen molar-refractivity contribution in [2.75, 3.05) is 0 Å². The highest BCUT2D eigenvalue weighted by molar-refractivity contribution is 6.02. The quantitative estimate of drug-likeness (QED) is 0.277. The van der Waals surface area contributed by atoms with Gasteiger partial charge in [0.1, 0.15) is 6.61 Å². The van der Waals surface area contributed by atoms with Gasteiger partial charge in [-0.2, -0.15) is 0 Å². The van der Waals surface area contributed by atoms with E-state index in [0.717, 1.165) is 38.6 Å². The number of hydrogen-bond acceptors (Lipinski definition) is 7. The fourth-order valence-electron chi connectivity index (χ4n) is 5.63. The van der Waals surface area contributed by atoms with Crippen molar-refractivity contribution >= 4 is 34.0 Å². The molecule has 0 spiro atoms. The van der Waals surface area contributed by atoms with Crippen LogP contribution in [-0.2, 0) is 34.8 Å². The van der Waals surface area contributed by atoms with Gasteiger partial charge in [0.25, 0.3) is 5.56 Å². The van der Waals surface area contributed by atoms with Crippen LogP contribution in [0.25, 0.3) is 33.2 Å². The Hall–Kier alpha value is -4.69. The third-order valence-corrected chi connectivity index (χ3v) is 7.77. The van der Waals surface area contributed by atoms with Crippen LogP contribution in [0, 0.1) is 0 Å². The predicted molar refractivity (Wildman–Crippen MR) is 148 cm³/mol. The largest absolute Gasteiger partial charge is 0.458 e. The van der Waals surface area contributed by atoms with Crippen LogP contribution in [0.2, 0.25) is 0 Å². The fraction of sp³-hybridized carbons (Fsp3) is 0.194. The van der Waals surface area contributed by atoms with E-state index in [1.165, 1.54) is 0 Å². The number of carbonyl (C=O) groups excluding carboxylic acids is 1. The molecule has 0 bridgehead atoms. The summed E-state index contributed by atoms with van der Waals surface area (Å²) in [4.78, 5) is 40.4. The number of benzene rings is 2. The highest BCUT2D eigenvalue weighted by Crippen LogP contribution is 2.39. The van der Waals surface area contributed by atoms with Crippen LogP contribution in [0.3, 0.4) is 0 Å². The Labute approximate surface area is 223 Å². The van der Waals surface area contributed by atoms with E-state index in [0.29, 0.717) is 35.6 Å². The maximum Gasteiger partial charge on any atom is 0.343 e. The molecular formula is C31H24N4O4. The van der Waals surface area contributed by atoms with Crippen LogP contribution in [0.15, 0.2) is 76.5 Å². The SMILES string of the molecule is CC[C@@]1(O)C(=O)OCc2c1cc1n(c2=O)Cc2c-1nc1ccccc1c2C=NCc1ccc2ccccc2n1. The normalized spacial score (nSPS) is 17.8. The lowest BCUT2D eigenvalue weighted by atomic mass is 9.86. The Morgan fingerprint density at radius 3 is 2.67 bits per heavy atom. The van der Waals surface area contributed by atoms with Crippen LogP contribution in [0.1, 0.15) is 41.3 Å². The first-order chi connectivity index (χ1) is 19.0. The number of aromatic nitrogens is 3. The third-order valence-electron chi connectivity index (χ3n) is 7.77. The molecule has 3 aromatic heterocycles. The highest BCUT2D eigenvalue weighted by atomic mass is 16.6. The molecule has 39 heavy (non-hydrogen) atoms. The van der Waals surface area contributed by atoms with Crippen molar-refractivity contribution in [2.45, 2.75) is 38.6 Å². The maximum absolute atomic E-state index is 13.6. The molecule has 0 fully saturated rings. The second-order valence-corrected chi connectivity index (χ2v) is 9.94. The standard InChI is InChI=1S/C31H24N4O4/c1-2-31(38)24-13-27-28-22(16-35(27)29(36)23(24)17-39-30(31)37)21(20-8-4-6-10-26(20)34-28)15-32-14-19-12-11-18-7-3-5-9-25(18)33-19/h3-13,15,38H,2,14,16-17H2,1H3/t31-/m0/s1. The number of hydrogen-bond donors (Lipinski definition) is 1. The van der Waals surface area contributed by atoms with Gasteiger partial charge in [-0.3, -0.25) is 14.8 Å². The van der Waals surface area contributed by atoms with Gasteiger partial charge in [0.15, 0.2) is 5.60 Å². The van der Waals surface area contributed by atoms with Gasteiger partial charge >= 0.3 is 5.97 Å². The minimum Gasteiger partial charge on any atom is -0.458 e. The van der Waals surface area contributed by atoms with Gasteiger partial charge in [0, 0.05) is 33.7 Å². The molecule has 0 saturated heterocycles. The van der Waals surface area contributed by atoms with E-state index in [2.05, 4.69) is 0 Å². The van der Waals surface area contributed by atoms with E-state index in [1.807, 2.05) is 66.9 Å². The van der Waals surface area contributed by atoms with Crippen LogP contribution < -0.4 is 5.56 Å². The van der Waals surface area contributed by atoms with Gasteiger partial charge in [-0.15, -0.1) is 0 Å². The van der Waals surface area contributed by atoms with Crippen molar-refractivity contribution in [2.24, 2.45) is 4.99 Å². The number of carbonyl (C=O) groups is 1. The molecule has 0 radical (unpaired) electrons. The lowest BCUT2D eigenvalue weighted by molar-refractivity contribution is -0.172. The van der Waals surface area contributed by atoms with Crippen molar-refractivity contribution in [3.8, 4) is 11.4 Å². The molecule has 192 valence electrons. The number of aliphatic imine (C=N–C) groups is 1. The molecule has 2 aliphatic rings. The minimum atomic E-state index is -1.86. The molecule has 1 N–H and O–H groups in total. The van der Waals surface area contributed by atoms with Crippen molar-refractivity contribution < 1.29 is 14.6 Å². The molecule has 0 saturated carbocycles. The second-order valence-electron chi connectivity index (χ2n) is 9.94. The number of pyridine rings is 3. The van der Waals surface area contributed by atoms with Crippen LogP contribution in [0.5, 0.6) is 0 Å². The minimum absolute atomic E-state index is 0.0977. The molecule has 5 heterocycles. The average Bonchev–Trinajstić information content (AvgIpc) is 3.33. The number of fused-ring (bicyclic) bond motifs is 6. The molecule has 1 atom stereocenters. The van der Waals surface area contributed by atoms with Gasteiger partial charge in [0.2, 0.25) is 0 Å². The van der Waals surface area contributed by atoms with Crippen molar-refractivity contribution in [3.63, 3.8) is 0 Å². The molecule has 5 aromatic rings. The zero-order valence-electron chi connectivity index (χ0n) is 21.2. The molecule has 7 rings (SSSR count). The number of ether oxygens (including phenoxy) is 1. The van der Waals surface area contributed by atoms with Crippen molar-refractivity contribution in [3.05, 3.63) is 105 Å². The molecule has 2 aliphatic heterocycles. The molecule has 2 aromatic carbocycles. The topological polar surface area (TPSA) is 107 Å². The van der Waals surface area contributed by atoms with Gasteiger partial charge in [0.05, 0.1) is 46.8 Å². The van der Waals surface area contributed by atoms with Crippen LogP contribution >= 0.6 is 0 Å². The fourth-order valence-corrected chi connectivity index (χ4v) is 5.63. The summed E-state index contributed by atoms with van der Waals surface area (Å²) in [6.45, 7) is 2.25. The Morgan fingerprint density at radius 2 is 1.82 bits per heavy atom. The molecule has 8 heteroatoms. The Bertz CT molecular complexity index is 1930. The lowest BCUT2D eigenvalue weighted by Gasteiger charge is -2.31. The second kappa shape index (κ2) is 8.68. The number of nitrogens with zero attached hydrogens (tertiary/aromatic N) is 4. The van der Waals surface area contributed by atoms with Gasteiger partial charge in [-0.05, 0) is 30.7 Å². The summed E-state index contributed by atoms with van der Waals surface area (Å²) in [5.74, 6) is -0.735. The van der Waals surface area contributed by atoms with E-state index in [-0.39, 0.29) is 18.6 Å². The number of para-hydroxylation sites is 2. The van der Waals surface area contributed by atoms with Crippen LogP contribution in [0.4, 0.5) is 0 Å². The summed E-state index contributed by atoms with van der Waals surface area (Å²) in [5.41, 5.74) is 3.99. The summed E-state index contributed by atoms with van der Waals surface area (Å²) in [6, 6.07) is 21.5. The smallest absolute Gasteiger partial charge is 0.343 e. The number of aliphatic hydroxyl groups is 1. The summed E-state index contributed by atoms with van der Waals surface area (Å²) in [6.07, 6.45) is 1.94. The molecule has 0 aliphatic carbocycles. The number of cyclic esters (lactones) is 1. The monoisotopic (exact) mass is 516 g/mol. The first kappa shape index (κ1) is 23.4. The molecule has 0 unspecified atom stereocenters. The molecular weight excluding hydrogens is 492 g/mol. The summed E-state index contributed by atoms with van der Waals surface area (Å²) >= 11 is 0. The first-order valence-electron chi connectivity index (χ1n) is 12.9. The molecule has 0 amide bonds. The molecule has 8 nitrogen and oxygen atoms in total.